The van der Waals surface area contributed by atoms with Gasteiger partial charge in [-0.2, -0.15) is 0 Å². The lowest BCUT2D eigenvalue weighted by Crippen LogP contribution is -2.33. The molecule has 106 valence electrons. The van der Waals surface area contributed by atoms with Gasteiger partial charge >= 0.3 is 0 Å². The maximum Gasteiger partial charge on any atom is 0.0774 e. The summed E-state index contributed by atoms with van der Waals surface area (Å²) in [4.78, 5) is 0. The van der Waals surface area contributed by atoms with Crippen LogP contribution in [-0.2, 0) is 4.74 Å². The van der Waals surface area contributed by atoms with E-state index in [1.165, 1.54) is 0 Å². The van der Waals surface area contributed by atoms with E-state index in [0.717, 1.165) is 31.4 Å². The second kappa shape index (κ2) is 6.94. The average Bonchev–Trinajstić information content (AvgIpc) is 2.78. The summed E-state index contributed by atoms with van der Waals surface area (Å²) in [6.45, 7) is 5.24. The first kappa shape index (κ1) is 15.1. The van der Waals surface area contributed by atoms with Crippen LogP contribution in [0.2, 0.25) is 10.0 Å². The van der Waals surface area contributed by atoms with Gasteiger partial charge in [0.1, 0.15) is 0 Å². The Balaban J connectivity index is 2.21. The molecule has 1 N–H and O–H groups in total. The monoisotopic (exact) mass is 301 g/mol. The number of benzene rings is 1. The second-order valence-electron chi connectivity index (χ2n) is 5.16. The Labute approximate surface area is 125 Å². The first-order chi connectivity index (χ1) is 9.11. The van der Waals surface area contributed by atoms with Crippen LogP contribution < -0.4 is 5.32 Å². The quantitative estimate of drug-likeness (QED) is 0.858. The van der Waals surface area contributed by atoms with Gasteiger partial charge in [-0.25, -0.2) is 0 Å². The molecule has 2 nitrogen and oxygen atoms in total. The van der Waals surface area contributed by atoms with Crippen LogP contribution in [0.4, 0.5) is 0 Å². The van der Waals surface area contributed by atoms with Gasteiger partial charge in [0.25, 0.3) is 0 Å². The summed E-state index contributed by atoms with van der Waals surface area (Å²) in [5.74, 6) is 0. The SMILES string of the molecule is CCCNC(c1ccc(Cl)cc1Cl)C1CCC(C)O1. The van der Waals surface area contributed by atoms with Crippen molar-refractivity contribution in [2.45, 2.75) is 51.4 Å². The Bertz CT molecular complexity index is 425. The molecule has 3 atom stereocenters. The van der Waals surface area contributed by atoms with Crippen LogP contribution in [-0.4, -0.2) is 18.8 Å². The van der Waals surface area contributed by atoms with E-state index in [1.807, 2.05) is 12.1 Å². The van der Waals surface area contributed by atoms with Crippen molar-refractivity contribution in [3.05, 3.63) is 33.8 Å². The molecule has 0 bridgehead atoms. The highest BCUT2D eigenvalue weighted by Gasteiger charge is 2.31. The topological polar surface area (TPSA) is 21.3 Å². The van der Waals surface area contributed by atoms with Gasteiger partial charge in [0, 0.05) is 10.0 Å². The van der Waals surface area contributed by atoms with Crippen molar-refractivity contribution in [3.63, 3.8) is 0 Å². The van der Waals surface area contributed by atoms with E-state index >= 15 is 0 Å². The number of hydrogen-bond donors (Lipinski definition) is 1. The Morgan fingerprint density at radius 1 is 1.37 bits per heavy atom. The minimum atomic E-state index is 0.148. The molecule has 1 aromatic carbocycles. The molecule has 2 rings (SSSR count). The van der Waals surface area contributed by atoms with Gasteiger partial charge in [-0.05, 0) is 50.4 Å². The number of ether oxygens (including phenoxy) is 1. The molecule has 1 aromatic rings. The van der Waals surface area contributed by atoms with Gasteiger partial charge in [-0.3, -0.25) is 0 Å². The largest absolute Gasteiger partial charge is 0.373 e. The second-order valence-corrected chi connectivity index (χ2v) is 6.00. The average molecular weight is 302 g/mol. The fourth-order valence-corrected chi connectivity index (χ4v) is 3.10. The molecule has 1 aliphatic heterocycles. The van der Waals surface area contributed by atoms with Crippen molar-refractivity contribution < 1.29 is 4.74 Å². The van der Waals surface area contributed by atoms with Crippen LogP contribution in [0, 0.1) is 0 Å². The van der Waals surface area contributed by atoms with Crippen LogP contribution in [0.15, 0.2) is 18.2 Å². The summed E-state index contributed by atoms with van der Waals surface area (Å²) in [6, 6.07) is 5.85. The highest BCUT2D eigenvalue weighted by Crippen LogP contribution is 2.34. The van der Waals surface area contributed by atoms with E-state index in [0.29, 0.717) is 16.1 Å². The van der Waals surface area contributed by atoms with Crippen molar-refractivity contribution in [2.24, 2.45) is 0 Å². The maximum absolute atomic E-state index is 6.34. The number of hydrogen-bond acceptors (Lipinski definition) is 2. The fraction of sp³-hybridized carbons (Fsp3) is 0.600. The summed E-state index contributed by atoms with van der Waals surface area (Å²) in [5.41, 5.74) is 1.08. The van der Waals surface area contributed by atoms with Gasteiger partial charge in [0.05, 0.1) is 18.2 Å². The Morgan fingerprint density at radius 3 is 2.74 bits per heavy atom. The van der Waals surface area contributed by atoms with Gasteiger partial charge in [-0.15, -0.1) is 0 Å². The molecule has 1 heterocycles. The summed E-state index contributed by atoms with van der Waals surface area (Å²) in [7, 11) is 0. The van der Waals surface area contributed by atoms with Gasteiger partial charge in [0.15, 0.2) is 0 Å². The summed E-state index contributed by atoms with van der Waals surface area (Å²) < 4.78 is 6.01. The molecule has 19 heavy (non-hydrogen) atoms. The molecular formula is C15H21Cl2NO. The molecular weight excluding hydrogens is 281 g/mol. The number of halogens is 2. The van der Waals surface area contributed by atoms with Crippen molar-refractivity contribution in [2.75, 3.05) is 6.54 Å². The lowest BCUT2D eigenvalue weighted by molar-refractivity contribution is 0.0316. The van der Waals surface area contributed by atoms with Crippen molar-refractivity contribution in [1.29, 1.82) is 0 Å². The molecule has 1 aliphatic rings. The Kier molecular flexibility index (Phi) is 5.52. The van der Waals surface area contributed by atoms with Crippen LogP contribution in [0.25, 0.3) is 0 Å². The summed E-state index contributed by atoms with van der Waals surface area (Å²) >= 11 is 12.3. The minimum Gasteiger partial charge on any atom is -0.373 e. The molecule has 0 radical (unpaired) electrons. The van der Waals surface area contributed by atoms with E-state index in [4.69, 9.17) is 27.9 Å². The molecule has 0 spiro atoms. The van der Waals surface area contributed by atoms with Crippen LogP contribution in [0.3, 0.4) is 0 Å². The first-order valence-electron chi connectivity index (χ1n) is 6.95. The zero-order valence-corrected chi connectivity index (χ0v) is 13.0. The van der Waals surface area contributed by atoms with Gasteiger partial charge < -0.3 is 10.1 Å². The third-order valence-corrected chi connectivity index (χ3v) is 4.11. The van der Waals surface area contributed by atoms with Gasteiger partial charge in [-0.1, -0.05) is 36.2 Å². The number of nitrogens with one attached hydrogen (secondary N) is 1. The highest BCUT2D eigenvalue weighted by molar-refractivity contribution is 6.35. The maximum atomic E-state index is 6.34. The van der Waals surface area contributed by atoms with E-state index in [-0.39, 0.29) is 12.1 Å². The normalized spacial score (nSPS) is 24.6. The van der Waals surface area contributed by atoms with Crippen molar-refractivity contribution >= 4 is 23.2 Å². The Hall–Kier alpha value is -0.280. The molecule has 1 saturated heterocycles. The lowest BCUT2D eigenvalue weighted by Gasteiger charge is -2.26. The molecule has 4 heteroatoms. The van der Waals surface area contributed by atoms with Crippen molar-refractivity contribution in [1.82, 2.24) is 5.32 Å². The zero-order valence-electron chi connectivity index (χ0n) is 11.5. The van der Waals surface area contributed by atoms with E-state index in [9.17, 15) is 0 Å². The van der Waals surface area contributed by atoms with E-state index in [2.05, 4.69) is 19.2 Å². The molecule has 0 aliphatic carbocycles. The molecule has 0 saturated carbocycles. The minimum absolute atomic E-state index is 0.148. The lowest BCUT2D eigenvalue weighted by atomic mass is 9.99. The highest BCUT2D eigenvalue weighted by atomic mass is 35.5. The molecule has 0 amide bonds. The van der Waals surface area contributed by atoms with Crippen molar-refractivity contribution in [3.8, 4) is 0 Å². The third kappa shape index (κ3) is 3.85. The smallest absolute Gasteiger partial charge is 0.0774 e. The standard InChI is InChI=1S/C15H21Cl2NO/c1-3-8-18-15(14-7-4-10(2)19-14)12-6-5-11(16)9-13(12)17/h5-6,9-10,14-15,18H,3-4,7-8H2,1-2H3. The summed E-state index contributed by atoms with van der Waals surface area (Å²) in [5, 5.41) is 4.94. The van der Waals surface area contributed by atoms with Crippen LogP contribution >= 0.6 is 23.2 Å². The fourth-order valence-electron chi connectivity index (χ4n) is 2.57. The Morgan fingerprint density at radius 2 is 2.16 bits per heavy atom. The predicted molar refractivity (Wildman–Crippen MR) is 81.1 cm³/mol. The van der Waals surface area contributed by atoms with Gasteiger partial charge in [0.2, 0.25) is 0 Å². The van der Waals surface area contributed by atoms with Crippen LogP contribution in [0.1, 0.15) is 44.7 Å². The molecule has 3 unspecified atom stereocenters. The summed E-state index contributed by atoms with van der Waals surface area (Å²) in [6.07, 6.45) is 3.80. The zero-order chi connectivity index (χ0) is 13.8. The van der Waals surface area contributed by atoms with E-state index in [1.54, 1.807) is 6.07 Å². The third-order valence-electron chi connectivity index (χ3n) is 3.55. The molecule has 1 fully saturated rings. The van der Waals surface area contributed by atoms with Crippen LogP contribution in [0.5, 0.6) is 0 Å². The first-order valence-corrected chi connectivity index (χ1v) is 7.71. The van der Waals surface area contributed by atoms with E-state index < -0.39 is 0 Å². The number of rotatable bonds is 5. The predicted octanol–water partition coefficient (Wildman–Crippen LogP) is 4.60. The molecule has 0 aromatic heterocycles.